The summed E-state index contributed by atoms with van der Waals surface area (Å²) >= 11 is 0. The first kappa shape index (κ1) is 64.8. The van der Waals surface area contributed by atoms with Crippen molar-refractivity contribution in [2.24, 2.45) is 0 Å². The monoisotopic (exact) mass is 940 g/mol. The highest BCUT2D eigenvalue weighted by molar-refractivity contribution is 5.77. The molecule has 0 aromatic heterocycles. The van der Waals surface area contributed by atoms with Crippen LogP contribution < -0.4 is 5.32 Å². The number of rotatable bonds is 53. The Morgan fingerprint density at radius 2 is 0.761 bits per heavy atom. The maximum Gasteiger partial charge on any atom is 0.306 e. The van der Waals surface area contributed by atoms with Crippen LogP contribution in [0.1, 0.15) is 303 Å². The van der Waals surface area contributed by atoms with Crippen molar-refractivity contribution in [3.8, 4) is 0 Å². The number of nitrogens with one attached hydrogen (secondary N) is 1. The van der Waals surface area contributed by atoms with Crippen LogP contribution in [0.2, 0.25) is 0 Å². The van der Waals surface area contributed by atoms with E-state index in [4.69, 9.17) is 4.74 Å². The second kappa shape index (κ2) is 54.8. The molecule has 0 spiro atoms. The molecule has 3 N–H and O–H groups in total. The standard InChI is InChI=1S/C61H113NO5/c1-4-7-10-13-16-19-22-25-28-30-32-35-38-41-44-47-50-53-59(64)58(56-63)62-60(65)55-57(52-49-46-43-40-37-34-31-27-24-21-18-15-12-9-6-3)67-61(66)54-51-48-45-42-39-36-33-29-26-23-20-17-14-11-8-5-2/h18,21,27,29,31,33,37,40,57-59,63-64H,4-17,19-20,22-26,28,30,32,34-36,38-39,41-56H2,1-3H3,(H,62,65)/b21-18-,31-27-,33-29+,40-37-. The van der Waals surface area contributed by atoms with Gasteiger partial charge in [0.25, 0.3) is 0 Å². The van der Waals surface area contributed by atoms with Crippen molar-refractivity contribution in [3.63, 3.8) is 0 Å². The van der Waals surface area contributed by atoms with Crippen LogP contribution in [0.15, 0.2) is 48.6 Å². The van der Waals surface area contributed by atoms with E-state index in [0.29, 0.717) is 19.3 Å². The molecule has 0 aliphatic heterocycles. The first-order valence-corrected chi connectivity index (χ1v) is 29.4. The summed E-state index contributed by atoms with van der Waals surface area (Å²) < 4.78 is 5.94. The van der Waals surface area contributed by atoms with E-state index in [2.05, 4.69) is 74.7 Å². The fourth-order valence-corrected chi connectivity index (χ4v) is 8.90. The first-order valence-electron chi connectivity index (χ1n) is 29.4. The molecule has 0 radical (unpaired) electrons. The second-order valence-electron chi connectivity index (χ2n) is 20.0. The molecule has 0 aliphatic carbocycles. The van der Waals surface area contributed by atoms with Crippen molar-refractivity contribution in [3.05, 3.63) is 48.6 Å². The van der Waals surface area contributed by atoms with Crippen LogP contribution in [0.5, 0.6) is 0 Å². The molecular formula is C61H113NO5. The quantitative estimate of drug-likeness (QED) is 0.0321. The van der Waals surface area contributed by atoms with Gasteiger partial charge in [0.2, 0.25) is 5.91 Å². The molecule has 0 saturated carbocycles. The molecule has 67 heavy (non-hydrogen) atoms. The van der Waals surface area contributed by atoms with Crippen molar-refractivity contribution in [1.29, 1.82) is 0 Å². The lowest BCUT2D eigenvalue weighted by molar-refractivity contribution is -0.151. The smallest absolute Gasteiger partial charge is 0.306 e. The van der Waals surface area contributed by atoms with Gasteiger partial charge in [0.05, 0.1) is 25.2 Å². The summed E-state index contributed by atoms with van der Waals surface area (Å²) in [5.74, 6) is -0.511. The first-order chi connectivity index (χ1) is 33.0. The molecule has 6 heteroatoms. The Labute approximate surface area is 416 Å². The minimum Gasteiger partial charge on any atom is -0.462 e. The van der Waals surface area contributed by atoms with E-state index >= 15 is 0 Å². The predicted octanol–water partition coefficient (Wildman–Crippen LogP) is 18.2. The number of hydrogen-bond acceptors (Lipinski definition) is 5. The van der Waals surface area contributed by atoms with Crippen LogP contribution in [-0.2, 0) is 14.3 Å². The Hall–Kier alpha value is -2.18. The van der Waals surface area contributed by atoms with Crippen molar-refractivity contribution in [2.45, 2.75) is 322 Å². The predicted molar refractivity (Wildman–Crippen MR) is 292 cm³/mol. The third kappa shape index (κ3) is 50.0. The van der Waals surface area contributed by atoms with E-state index in [9.17, 15) is 19.8 Å². The highest BCUT2D eigenvalue weighted by Crippen LogP contribution is 2.18. The number of aliphatic hydroxyl groups is 2. The molecule has 0 heterocycles. The highest BCUT2D eigenvalue weighted by Gasteiger charge is 2.24. The summed E-state index contributed by atoms with van der Waals surface area (Å²) in [6.07, 6.45) is 67.5. The molecule has 6 nitrogen and oxygen atoms in total. The molecule has 0 fully saturated rings. The van der Waals surface area contributed by atoms with E-state index in [1.165, 1.54) is 180 Å². The van der Waals surface area contributed by atoms with Gasteiger partial charge < -0.3 is 20.3 Å². The molecule has 0 rings (SSSR count). The van der Waals surface area contributed by atoms with Crippen LogP contribution >= 0.6 is 0 Å². The zero-order valence-electron chi connectivity index (χ0n) is 44.8. The normalized spacial score (nSPS) is 13.4. The number of unbranched alkanes of at least 4 members (excludes halogenated alkanes) is 33. The lowest BCUT2D eigenvalue weighted by Gasteiger charge is -2.24. The minimum absolute atomic E-state index is 0.0498. The van der Waals surface area contributed by atoms with Gasteiger partial charge in [0.15, 0.2) is 0 Å². The molecule has 392 valence electrons. The number of allylic oxidation sites excluding steroid dienone is 8. The molecule has 0 saturated heterocycles. The zero-order chi connectivity index (χ0) is 48.8. The second-order valence-corrected chi connectivity index (χ2v) is 20.0. The van der Waals surface area contributed by atoms with Gasteiger partial charge in [0, 0.05) is 6.42 Å². The maximum absolute atomic E-state index is 13.3. The molecular weight excluding hydrogens is 827 g/mol. The number of aliphatic hydroxyl groups excluding tert-OH is 2. The van der Waals surface area contributed by atoms with Gasteiger partial charge in [-0.2, -0.15) is 0 Å². The average Bonchev–Trinajstić information content (AvgIpc) is 3.32. The van der Waals surface area contributed by atoms with Crippen molar-refractivity contribution >= 4 is 11.9 Å². The lowest BCUT2D eigenvalue weighted by Crippen LogP contribution is -2.46. The fourth-order valence-electron chi connectivity index (χ4n) is 8.90. The van der Waals surface area contributed by atoms with Crippen LogP contribution in [0, 0.1) is 0 Å². The zero-order valence-corrected chi connectivity index (χ0v) is 44.8. The Morgan fingerprint density at radius 1 is 0.433 bits per heavy atom. The van der Waals surface area contributed by atoms with E-state index in [0.717, 1.165) is 77.0 Å². The summed E-state index contributed by atoms with van der Waals surface area (Å²) in [7, 11) is 0. The van der Waals surface area contributed by atoms with Gasteiger partial charge in [-0.3, -0.25) is 9.59 Å². The van der Waals surface area contributed by atoms with Gasteiger partial charge in [0.1, 0.15) is 6.10 Å². The average molecular weight is 941 g/mol. The molecule has 0 bridgehead atoms. The van der Waals surface area contributed by atoms with Crippen molar-refractivity contribution in [1.82, 2.24) is 5.32 Å². The Morgan fingerprint density at radius 3 is 1.21 bits per heavy atom. The Kier molecular flexibility index (Phi) is 53.0. The number of carbonyl (C=O) groups is 2. The molecule has 3 atom stereocenters. The van der Waals surface area contributed by atoms with E-state index < -0.39 is 18.2 Å². The van der Waals surface area contributed by atoms with Gasteiger partial charge >= 0.3 is 5.97 Å². The fraction of sp³-hybridized carbons (Fsp3) is 0.836. The number of carbonyl (C=O) groups excluding carboxylic acids is 2. The van der Waals surface area contributed by atoms with Gasteiger partial charge in [-0.25, -0.2) is 0 Å². The highest BCUT2D eigenvalue weighted by atomic mass is 16.5. The summed E-state index contributed by atoms with van der Waals surface area (Å²) in [5, 5.41) is 23.9. The third-order valence-electron chi connectivity index (χ3n) is 13.4. The van der Waals surface area contributed by atoms with E-state index in [1.54, 1.807) is 0 Å². The van der Waals surface area contributed by atoms with E-state index in [-0.39, 0.29) is 24.9 Å². The number of amides is 1. The Balaban J connectivity index is 4.58. The van der Waals surface area contributed by atoms with Crippen molar-refractivity contribution in [2.75, 3.05) is 6.61 Å². The molecule has 0 aromatic carbocycles. The van der Waals surface area contributed by atoms with Gasteiger partial charge in [-0.05, 0) is 89.9 Å². The molecule has 1 amide bonds. The SMILES string of the molecule is CCCCC/C=C\C/C=C\C/C=C\CCCCC(CC(=O)NC(CO)C(O)CCCCCCCCCCCCCCCCCCC)OC(=O)CCCCCCC/C=C/CCCCCCCCC. The third-order valence-corrected chi connectivity index (χ3v) is 13.4. The topological polar surface area (TPSA) is 95.9 Å². The molecule has 3 unspecified atom stereocenters. The maximum atomic E-state index is 13.3. The molecule has 0 aromatic rings. The van der Waals surface area contributed by atoms with Gasteiger partial charge in [-0.1, -0.05) is 249 Å². The Bertz CT molecular complexity index is 1150. The number of esters is 1. The largest absolute Gasteiger partial charge is 0.462 e. The lowest BCUT2D eigenvalue weighted by atomic mass is 10.0. The summed E-state index contributed by atoms with van der Waals surface area (Å²) in [6.45, 7) is 6.47. The minimum atomic E-state index is -0.800. The summed E-state index contributed by atoms with van der Waals surface area (Å²) in [4.78, 5) is 26.3. The van der Waals surface area contributed by atoms with Gasteiger partial charge in [-0.15, -0.1) is 0 Å². The van der Waals surface area contributed by atoms with Crippen LogP contribution in [0.25, 0.3) is 0 Å². The van der Waals surface area contributed by atoms with Crippen LogP contribution in [0.3, 0.4) is 0 Å². The number of hydrogen-bond donors (Lipinski definition) is 3. The van der Waals surface area contributed by atoms with Crippen LogP contribution in [-0.4, -0.2) is 46.9 Å². The number of ether oxygens (including phenoxy) is 1. The molecule has 0 aliphatic rings. The summed E-state index contributed by atoms with van der Waals surface area (Å²) in [6, 6.07) is -0.716. The van der Waals surface area contributed by atoms with E-state index in [1.807, 2.05) is 0 Å². The van der Waals surface area contributed by atoms with Crippen LogP contribution in [0.4, 0.5) is 0 Å². The van der Waals surface area contributed by atoms with Crippen molar-refractivity contribution < 1.29 is 24.5 Å². The summed E-state index contributed by atoms with van der Waals surface area (Å²) in [5.41, 5.74) is 0.